The van der Waals surface area contributed by atoms with Crippen molar-refractivity contribution < 1.29 is 30.0 Å². The summed E-state index contributed by atoms with van der Waals surface area (Å²) < 4.78 is 6.23. The molecule has 4 unspecified atom stereocenters. The SMILES string of the molecule is CC(C)=CC[C@@H](C(=O)O)[C@@H]1C2CC(O)C3[C@@]4(C)CC[C@@H](O)[C@@H](C)C4CC[C@]3(C)[C@@]2(C)C[C@@H]1OCCO. The van der Waals surface area contributed by atoms with Crippen LogP contribution in [0.5, 0.6) is 0 Å². The number of allylic oxidation sites excluding steroid dienone is 2. The van der Waals surface area contributed by atoms with Crippen LogP contribution < -0.4 is 0 Å². The number of aliphatic hydroxyl groups excluding tert-OH is 3. The molecule has 4 N–H and O–H groups in total. The molecule has 0 radical (unpaired) electrons. The predicted octanol–water partition coefficient (Wildman–Crippen LogP) is 4.66. The van der Waals surface area contributed by atoms with Crippen molar-refractivity contribution in [2.45, 2.75) is 105 Å². The summed E-state index contributed by atoms with van der Waals surface area (Å²) in [5.41, 5.74) is 0.725. The summed E-state index contributed by atoms with van der Waals surface area (Å²) in [5, 5.41) is 42.4. The highest BCUT2D eigenvalue weighted by atomic mass is 16.5. The Labute approximate surface area is 217 Å². The summed E-state index contributed by atoms with van der Waals surface area (Å²) in [4.78, 5) is 12.6. The molecule has 0 heterocycles. The molecule has 6 heteroatoms. The van der Waals surface area contributed by atoms with Gasteiger partial charge in [0.15, 0.2) is 0 Å². The van der Waals surface area contributed by atoms with Gasteiger partial charge in [0, 0.05) is 5.92 Å². The summed E-state index contributed by atoms with van der Waals surface area (Å²) in [6.45, 7) is 13.4. The number of carboxylic acids is 1. The minimum absolute atomic E-state index is 0.0378. The van der Waals surface area contributed by atoms with Crippen molar-refractivity contribution in [3.05, 3.63) is 11.6 Å². The smallest absolute Gasteiger partial charge is 0.307 e. The van der Waals surface area contributed by atoms with Crippen LogP contribution >= 0.6 is 0 Å². The molecule has 0 aromatic carbocycles. The van der Waals surface area contributed by atoms with Crippen molar-refractivity contribution in [1.29, 1.82) is 0 Å². The van der Waals surface area contributed by atoms with Crippen LogP contribution in [0, 0.1) is 51.8 Å². The Bertz CT molecular complexity index is 852. The average molecular weight is 507 g/mol. The average Bonchev–Trinajstić information content (AvgIpc) is 3.07. The van der Waals surface area contributed by atoms with Crippen LogP contribution in [0.15, 0.2) is 11.6 Å². The molecule has 0 saturated heterocycles. The van der Waals surface area contributed by atoms with Crippen LogP contribution in [-0.2, 0) is 9.53 Å². The van der Waals surface area contributed by atoms with Gasteiger partial charge in [-0.25, -0.2) is 0 Å². The van der Waals surface area contributed by atoms with E-state index >= 15 is 0 Å². The first-order valence-electron chi connectivity index (χ1n) is 14.3. The van der Waals surface area contributed by atoms with Gasteiger partial charge >= 0.3 is 5.97 Å². The Morgan fingerprint density at radius 2 is 1.75 bits per heavy atom. The quantitative estimate of drug-likeness (QED) is 0.374. The molecule has 12 atom stereocenters. The molecule has 6 nitrogen and oxygen atoms in total. The zero-order valence-corrected chi connectivity index (χ0v) is 23.2. The first kappa shape index (κ1) is 28.1. The molecule has 4 rings (SSSR count). The maximum Gasteiger partial charge on any atom is 0.307 e. The normalized spacial score (nSPS) is 48.9. The highest BCUT2D eigenvalue weighted by Crippen LogP contribution is 2.74. The maximum atomic E-state index is 12.6. The van der Waals surface area contributed by atoms with Crippen molar-refractivity contribution in [3.63, 3.8) is 0 Å². The second kappa shape index (κ2) is 9.98. The molecule has 0 aromatic heterocycles. The second-order valence-electron chi connectivity index (χ2n) is 13.7. The molecule has 0 amide bonds. The van der Waals surface area contributed by atoms with Gasteiger partial charge in [0.05, 0.1) is 37.4 Å². The lowest BCUT2D eigenvalue weighted by Gasteiger charge is -2.69. The third-order valence-electron chi connectivity index (χ3n) is 11.9. The molecular formula is C30H50O6. The molecule has 0 aliphatic heterocycles. The molecule has 0 bridgehead atoms. The number of carboxylic acid groups (broad SMARTS) is 1. The van der Waals surface area contributed by atoms with Crippen LogP contribution in [0.1, 0.15) is 86.5 Å². The fraction of sp³-hybridized carbons (Fsp3) is 0.900. The van der Waals surface area contributed by atoms with E-state index in [-0.39, 0.29) is 65.3 Å². The second-order valence-corrected chi connectivity index (χ2v) is 13.7. The number of aliphatic hydroxyl groups is 3. The van der Waals surface area contributed by atoms with Crippen LogP contribution in [0.2, 0.25) is 0 Å². The number of rotatable bonds is 7. The van der Waals surface area contributed by atoms with Crippen molar-refractivity contribution in [2.75, 3.05) is 13.2 Å². The molecule has 4 aliphatic carbocycles. The molecule has 4 saturated carbocycles. The van der Waals surface area contributed by atoms with E-state index in [2.05, 4.69) is 27.7 Å². The summed E-state index contributed by atoms with van der Waals surface area (Å²) in [6, 6.07) is 0. The van der Waals surface area contributed by atoms with Crippen molar-refractivity contribution >= 4 is 5.97 Å². The number of hydrogen-bond donors (Lipinski definition) is 4. The minimum Gasteiger partial charge on any atom is -0.481 e. The maximum absolute atomic E-state index is 12.6. The first-order valence-corrected chi connectivity index (χ1v) is 14.3. The molecule has 0 aromatic rings. The van der Waals surface area contributed by atoms with Crippen LogP contribution in [-0.4, -0.2) is 57.9 Å². The third kappa shape index (κ3) is 4.19. The number of aliphatic carboxylic acids is 1. The third-order valence-corrected chi connectivity index (χ3v) is 11.9. The van der Waals surface area contributed by atoms with E-state index in [1.807, 2.05) is 19.9 Å². The Morgan fingerprint density at radius 3 is 2.36 bits per heavy atom. The topological polar surface area (TPSA) is 107 Å². The van der Waals surface area contributed by atoms with E-state index in [0.29, 0.717) is 18.8 Å². The van der Waals surface area contributed by atoms with E-state index in [4.69, 9.17) is 4.74 Å². The minimum atomic E-state index is -0.799. The monoisotopic (exact) mass is 506 g/mol. The van der Waals surface area contributed by atoms with Gasteiger partial charge in [0.25, 0.3) is 0 Å². The Morgan fingerprint density at radius 1 is 1.06 bits per heavy atom. The Hall–Kier alpha value is -0.950. The van der Waals surface area contributed by atoms with E-state index in [9.17, 15) is 25.2 Å². The van der Waals surface area contributed by atoms with Gasteiger partial charge < -0.3 is 25.2 Å². The standard InChI is InChI=1S/C30H50O6/c1-17(2)7-8-19(27(34)35)25-21-15-23(33)26-28(4)11-10-22(32)18(3)20(28)9-12-29(26,5)30(21,6)16-24(25)36-14-13-31/h7,18-26,31-33H,8-16H2,1-6H3,(H,34,35)/t18-,19+,20?,21?,22+,23?,24-,25+,26?,28-,29-,30-/m0/s1. The van der Waals surface area contributed by atoms with E-state index in [1.54, 1.807) is 0 Å². The van der Waals surface area contributed by atoms with Gasteiger partial charge in [-0.3, -0.25) is 4.79 Å². The van der Waals surface area contributed by atoms with Gasteiger partial charge in [-0.2, -0.15) is 0 Å². The molecule has 0 spiro atoms. The van der Waals surface area contributed by atoms with Crippen molar-refractivity contribution in [2.24, 2.45) is 51.8 Å². The molecule has 36 heavy (non-hydrogen) atoms. The van der Waals surface area contributed by atoms with Gasteiger partial charge in [-0.15, -0.1) is 0 Å². The Balaban J connectivity index is 1.76. The first-order chi connectivity index (χ1) is 16.8. The molecule has 4 aliphatic rings. The lowest BCUT2D eigenvalue weighted by Crippen LogP contribution is -2.66. The predicted molar refractivity (Wildman–Crippen MR) is 139 cm³/mol. The molecule has 4 fully saturated rings. The van der Waals surface area contributed by atoms with Gasteiger partial charge in [0.1, 0.15) is 0 Å². The lowest BCUT2D eigenvalue weighted by atomic mass is 9.36. The zero-order valence-electron chi connectivity index (χ0n) is 23.2. The van der Waals surface area contributed by atoms with Crippen LogP contribution in [0.4, 0.5) is 0 Å². The van der Waals surface area contributed by atoms with Gasteiger partial charge in [-0.1, -0.05) is 39.3 Å². The zero-order chi connectivity index (χ0) is 26.6. The van der Waals surface area contributed by atoms with Crippen LogP contribution in [0.3, 0.4) is 0 Å². The van der Waals surface area contributed by atoms with E-state index < -0.39 is 18.0 Å². The van der Waals surface area contributed by atoms with Crippen molar-refractivity contribution in [1.82, 2.24) is 0 Å². The number of hydrogen-bond acceptors (Lipinski definition) is 5. The molecular weight excluding hydrogens is 456 g/mol. The van der Waals surface area contributed by atoms with E-state index in [1.165, 1.54) is 0 Å². The highest BCUT2D eigenvalue weighted by molar-refractivity contribution is 5.71. The van der Waals surface area contributed by atoms with Gasteiger partial charge in [0.2, 0.25) is 0 Å². The fourth-order valence-electron chi connectivity index (χ4n) is 10.2. The number of ether oxygens (including phenoxy) is 1. The lowest BCUT2D eigenvalue weighted by molar-refractivity contribution is -0.240. The summed E-state index contributed by atoms with van der Waals surface area (Å²) >= 11 is 0. The van der Waals surface area contributed by atoms with Crippen LogP contribution in [0.25, 0.3) is 0 Å². The van der Waals surface area contributed by atoms with Crippen molar-refractivity contribution in [3.8, 4) is 0 Å². The molecule has 206 valence electrons. The highest BCUT2D eigenvalue weighted by Gasteiger charge is 2.71. The number of fused-ring (bicyclic) bond motifs is 5. The largest absolute Gasteiger partial charge is 0.481 e. The number of carbonyl (C=O) groups is 1. The summed E-state index contributed by atoms with van der Waals surface area (Å²) in [7, 11) is 0. The fourth-order valence-corrected chi connectivity index (χ4v) is 10.2. The summed E-state index contributed by atoms with van der Waals surface area (Å²) in [5.74, 6) is -0.833. The Kier molecular flexibility index (Phi) is 7.78. The van der Waals surface area contributed by atoms with Gasteiger partial charge in [-0.05, 0) is 98.7 Å². The summed E-state index contributed by atoms with van der Waals surface area (Å²) in [6.07, 6.45) is 6.53. The van der Waals surface area contributed by atoms with E-state index in [0.717, 1.165) is 37.7 Å².